The Labute approximate surface area is 174 Å². The maximum absolute atomic E-state index is 8.92. The van der Waals surface area contributed by atoms with Crippen LogP contribution in [0.5, 0.6) is 0 Å². The molecule has 2 aromatic heterocycles. The van der Waals surface area contributed by atoms with Crippen molar-refractivity contribution < 1.29 is 0 Å². The lowest BCUT2D eigenvalue weighted by atomic mass is 10.1. The van der Waals surface area contributed by atoms with E-state index in [-0.39, 0.29) is 0 Å². The molecular weight excluding hydrogens is 417 g/mol. The SMILES string of the molecule is N#Cc1ccc(Cn2nnnc2-c2c[nH]n(-c3ccc(Cl)c(Cl)c3)c2=S)cc1. The Morgan fingerprint density at radius 1 is 1.11 bits per heavy atom. The minimum Gasteiger partial charge on any atom is -0.299 e. The molecule has 2 heterocycles. The molecule has 0 aliphatic rings. The van der Waals surface area contributed by atoms with Crippen molar-refractivity contribution in [3.8, 4) is 23.1 Å². The second-order valence-electron chi connectivity index (χ2n) is 5.89. The topological polar surface area (TPSA) is 88.1 Å². The van der Waals surface area contributed by atoms with Gasteiger partial charge in [0.15, 0.2) is 5.82 Å². The van der Waals surface area contributed by atoms with E-state index in [0.717, 1.165) is 11.3 Å². The fraction of sp³-hybridized carbons (Fsp3) is 0.0556. The van der Waals surface area contributed by atoms with Crippen LogP contribution in [0.3, 0.4) is 0 Å². The first-order chi connectivity index (χ1) is 13.6. The minimum atomic E-state index is 0.433. The number of hydrogen-bond acceptors (Lipinski definition) is 5. The number of nitrogens with zero attached hydrogens (tertiary/aromatic N) is 6. The molecule has 4 aromatic rings. The van der Waals surface area contributed by atoms with E-state index in [0.29, 0.717) is 38.2 Å². The molecule has 0 fully saturated rings. The van der Waals surface area contributed by atoms with Gasteiger partial charge in [-0.1, -0.05) is 47.6 Å². The van der Waals surface area contributed by atoms with Crippen LogP contribution < -0.4 is 0 Å². The number of aromatic amines is 1. The number of aromatic nitrogens is 6. The molecule has 0 amide bonds. The van der Waals surface area contributed by atoms with Crippen molar-refractivity contribution in [2.45, 2.75) is 6.54 Å². The Morgan fingerprint density at radius 2 is 1.89 bits per heavy atom. The van der Waals surface area contributed by atoms with Gasteiger partial charge in [0.2, 0.25) is 0 Å². The molecule has 0 atom stereocenters. The van der Waals surface area contributed by atoms with Gasteiger partial charge in [-0.15, -0.1) is 5.10 Å². The Bertz CT molecular complexity index is 1250. The standard InChI is InChI=1S/C18H11Cl2N7S/c19-15-6-5-13(7-16(15)20)27-18(28)14(9-22-27)17-23-24-25-26(17)10-12-3-1-11(8-21)2-4-12/h1-7,9,22H,10H2. The number of H-pyrrole nitrogens is 1. The van der Waals surface area contributed by atoms with E-state index in [1.807, 2.05) is 18.2 Å². The molecule has 0 aliphatic carbocycles. The highest BCUT2D eigenvalue weighted by atomic mass is 35.5. The number of nitriles is 1. The number of rotatable bonds is 4. The first-order valence-electron chi connectivity index (χ1n) is 8.08. The Hall–Kier alpha value is -2.99. The van der Waals surface area contributed by atoms with Gasteiger partial charge in [0.1, 0.15) is 4.64 Å². The predicted molar refractivity (Wildman–Crippen MR) is 108 cm³/mol. The van der Waals surface area contributed by atoms with Gasteiger partial charge in [0, 0.05) is 6.20 Å². The third-order valence-corrected chi connectivity index (χ3v) is 5.26. The van der Waals surface area contributed by atoms with Crippen molar-refractivity contribution >= 4 is 35.4 Å². The highest BCUT2D eigenvalue weighted by molar-refractivity contribution is 7.71. The lowest BCUT2D eigenvalue weighted by molar-refractivity contribution is 0.653. The third kappa shape index (κ3) is 3.43. The maximum Gasteiger partial charge on any atom is 0.186 e. The highest BCUT2D eigenvalue weighted by Crippen LogP contribution is 2.26. The number of tetrazole rings is 1. The molecule has 4 rings (SSSR count). The lowest BCUT2D eigenvalue weighted by Gasteiger charge is -2.05. The molecule has 0 radical (unpaired) electrons. The Morgan fingerprint density at radius 3 is 2.61 bits per heavy atom. The average molecular weight is 428 g/mol. The average Bonchev–Trinajstić information content (AvgIpc) is 3.31. The van der Waals surface area contributed by atoms with Crippen LogP contribution in [0.15, 0.2) is 48.7 Å². The van der Waals surface area contributed by atoms with Crippen LogP contribution >= 0.6 is 35.4 Å². The third-order valence-electron chi connectivity index (χ3n) is 4.12. The quantitative estimate of drug-likeness (QED) is 0.487. The van der Waals surface area contributed by atoms with Gasteiger partial charge in [-0.05, 0) is 46.3 Å². The fourth-order valence-electron chi connectivity index (χ4n) is 2.71. The number of hydrogen-bond donors (Lipinski definition) is 1. The van der Waals surface area contributed by atoms with E-state index in [2.05, 4.69) is 26.7 Å². The summed E-state index contributed by atoms with van der Waals surface area (Å²) >= 11 is 17.7. The zero-order chi connectivity index (χ0) is 19.7. The monoisotopic (exact) mass is 427 g/mol. The van der Waals surface area contributed by atoms with Crippen LogP contribution in [0, 0.1) is 16.0 Å². The molecule has 1 N–H and O–H groups in total. The summed E-state index contributed by atoms with van der Waals surface area (Å²) in [6, 6.07) is 14.6. The molecule has 0 aliphatic heterocycles. The van der Waals surface area contributed by atoms with Crippen molar-refractivity contribution in [2.75, 3.05) is 0 Å². The number of nitrogens with one attached hydrogen (secondary N) is 1. The second-order valence-corrected chi connectivity index (χ2v) is 7.10. The van der Waals surface area contributed by atoms with Gasteiger partial charge < -0.3 is 0 Å². The largest absolute Gasteiger partial charge is 0.299 e. The fourth-order valence-corrected chi connectivity index (χ4v) is 3.31. The van der Waals surface area contributed by atoms with E-state index < -0.39 is 0 Å². The van der Waals surface area contributed by atoms with Crippen LogP contribution in [0.25, 0.3) is 17.1 Å². The normalized spacial score (nSPS) is 10.8. The lowest BCUT2D eigenvalue weighted by Crippen LogP contribution is -2.04. The van der Waals surface area contributed by atoms with Gasteiger partial charge in [-0.25, -0.2) is 9.36 Å². The maximum atomic E-state index is 8.92. The van der Waals surface area contributed by atoms with Crippen molar-refractivity contribution in [2.24, 2.45) is 0 Å². The summed E-state index contributed by atoms with van der Waals surface area (Å²) in [5.74, 6) is 0.532. The van der Waals surface area contributed by atoms with Gasteiger partial charge >= 0.3 is 0 Å². The smallest absolute Gasteiger partial charge is 0.186 e. The van der Waals surface area contributed by atoms with Crippen LogP contribution in [0.1, 0.15) is 11.1 Å². The van der Waals surface area contributed by atoms with Gasteiger partial charge in [0.25, 0.3) is 0 Å². The van der Waals surface area contributed by atoms with Crippen LogP contribution in [-0.2, 0) is 6.54 Å². The van der Waals surface area contributed by atoms with Crippen LogP contribution in [0.2, 0.25) is 10.0 Å². The van der Waals surface area contributed by atoms with E-state index in [1.165, 1.54) is 0 Å². The molecule has 0 bridgehead atoms. The van der Waals surface area contributed by atoms with Crippen LogP contribution in [0.4, 0.5) is 0 Å². The molecule has 28 heavy (non-hydrogen) atoms. The predicted octanol–water partition coefficient (Wildman–Crippen LogP) is 4.42. The first kappa shape index (κ1) is 18.4. The molecule has 7 nitrogen and oxygen atoms in total. The highest BCUT2D eigenvalue weighted by Gasteiger charge is 2.15. The zero-order valence-electron chi connectivity index (χ0n) is 14.2. The van der Waals surface area contributed by atoms with Gasteiger partial charge in [-0.3, -0.25) is 5.10 Å². The van der Waals surface area contributed by atoms with E-state index in [1.54, 1.807) is 39.8 Å². The Kier molecular flexibility index (Phi) is 4.96. The van der Waals surface area contributed by atoms with Gasteiger partial charge in [-0.2, -0.15) is 5.26 Å². The summed E-state index contributed by atoms with van der Waals surface area (Å²) in [5, 5.41) is 24.9. The summed E-state index contributed by atoms with van der Waals surface area (Å²) in [6.07, 6.45) is 1.74. The van der Waals surface area contributed by atoms with E-state index in [4.69, 9.17) is 40.7 Å². The summed E-state index contributed by atoms with van der Waals surface area (Å²) in [6.45, 7) is 0.445. The summed E-state index contributed by atoms with van der Waals surface area (Å²) in [4.78, 5) is 0. The molecule has 0 spiro atoms. The molecular formula is C18H11Cl2N7S. The van der Waals surface area contributed by atoms with Crippen molar-refractivity contribution in [3.63, 3.8) is 0 Å². The summed E-state index contributed by atoms with van der Waals surface area (Å²) < 4.78 is 3.86. The summed E-state index contributed by atoms with van der Waals surface area (Å²) in [5.41, 5.74) is 2.99. The number of benzene rings is 2. The van der Waals surface area contributed by atoms with Crippen molar-refractivity contribution in [1.82, 2.24) is 30.0 Å². The van der Waals surface area contributed by atoms with Crippen molar-refractivity contribution in [3.05, 3.63) is 74.5 Å². The van der Waals surface area contributed by atoms with Crippen LogP contribution in [-0.4, -0.2) is 30.0 Å². The second kappa shape index (κ2) is 7.56. The molecule has 138 valence electrons. The minimum absolute atomic E-state index is 0.433. The first-order valence-corrected chi connectivity index (χ1v) is 9.24. The molecule has 10 heteroatoms. The number of halogens is 2. The van der Waals surface area contributed by atoms with Crippen molar-refractivity contribution in [1.29, 1.82) is 5.26 Å². The van der Waals surface area contributed by atoms with Gasteiger partial charge in [0.05, 0.1) is 39.5 Å². The van der Waals surface area contributed by atoms with E-state index >= 15 is 0 Å². The molecule has 0 saturated heterocycles. The van der Waals surface area contributed by atoms with E-state index in [9.17, 15) is 0 Å². The molecule has 0 saturated carbocycles. The zero-order valence-corrected chi connectivity index (χ0v) is 16.5. The molecule has 0 unspecified atom stereocenters. The Balaban J connectivity index is 1.68. The molecule has 2 aromatic carbocycles. The summed E-state index contributed by atoms with van der Waals surface area (Å²) in [7, 11) is 0.